The highest BCUT2D eigenvalue weighted by Gasteiger charge is 2.27. The standard InChI is InChI=1S/C19H19N5O2/c1-22(2)14-9-7-13(8-10-14)18-15-11-12-20-19(15)23(21-18)16-5-3-4-6-17(16)24(25)26/h3-10,20H,11-12H2,1-2H3. The van der Waals surface area contributed by atoms with Gasteiger partial charge in [-0.15, -0.1) is 0 Å². The van der Waals surface area contributed by atoms with Gasteiger partial charge in [-0.05, 0) is 24.6 Å². The topological polar surface area (TPSA) is 76.2 Å². The Balaban J connectivity index is 1.85. The predicted molar refractivity (Wildman–Crippen MR) is 102 cm³/mol. The van der Waals surface area contributed by atoms with Crippen LogP contribution in [0, 0.1) is 10.1 Å². The number of hydrogen-bond donors (Lipinski definition) is 1. The monoisotopic (exact) mass is 349 g/mol. The van der Waals surface area contributed by atoms with Crippen molar-refractivity contribution >= 4 is 17.2 Å². The molecule has 1 N–H and O–H groups in total. The first-order chi connectivity index (χ1) is 12.6. The molecule has 2 heterocycles. The fourth-order valence-electron chi connectivity index (χ4n) is 3.30. The molecule has 1 aliphatic rings. The number of rotatable bonds is 4. The molecule has 0 bridgehead atoms. The largest absolute Gasteiger partial charge is 0.378 e. The van der Waals surface area contributed by atoms with Gasteiger partial charge in [-0.1, -0.05) is 24.3 Å². The van der Waals surface area contributed by atoms with Gasteiger partial charge in [-0.3, -0.25) is 10.1 Å². The number of aromatic nitrogens is 2. The number of fused-ring (bicyclic) bond motifs is 1. The molecule has 0 atom stereocenters. The first-order valence-electron chi connectivity index (χ1n) is 8.43. The van der Waals surface area contributed by atoms with Crippen LogP contribution in [0.1, 0.15) is 5.56 Å². The minimum atomic E-state index is -0.371. The lowest BCUT2D eigenvalue weighted by Gasteiger charge is -2.12. The number of anilines is 2. The highest BCUT2D eigenvalue weighted by atomic mass is 16.6. The van der Waals surface area contributed by atoms with Crippen molar-refractivity contribution in [1.29, 1.82) is 0 Å². The Labute approximate surface area is 151 Å². The van der Waals surface area contributed by atoms with Crippen LogP contribution in [0.4, 0.5) is 17.2 Å². The summed E-state index contributed by atoms with van der Waals surface area (Å²) in [7, 11) is 4.00. The van der Waals surface area contributed by atoms with Crippen LogP contribution in [0.3, 0.4) is 0 Å². The maximum absolute atomic E-state index is 11.4. The van der Waals surface area contributed by atoms with E-state index in [-0.39, 0.29) is 10.6 Å². The van der Waals surface area contributed by atoms with Crippen molar-refractivity contribution in [2.24, 2.45) is 0 Å². The number of para-hydroxylation sites is 2. The lowest BCUT2D eigenvalue weighted by molar-refractivity contribution is -0.384. The van der Waals surface area contributed by atoms with Crippen molar-refractivity contribution in [3.8, 4) is 16.9 Å². The van der Waals surface area contributed by atoms with E-state index < -0.39 is 0 Å². The molecule has 26 heavy (non-hydrogen) atoms. The second-order valence-corrected chi connectivity index (χ2v) is 6.45. The number of hydrogen-bond acceptors (Lipinski definition) is 5. The Bertz CT molecular complexity index is 976. The van der Waals surface area contributed by atoms with Crippen molar-refractivity contribution in [3.63, 3.8) is 0 Å². The van der Waals surface area contributed by atoms with Crippen molar-refractivity contribution in [1.82, 2.24) is 9.78 Å². The summed E-state index contributed by atoms with van der Waals surface area (Å²) in [6, 6.07) is 14.9. The molecule has 1 aliphatic heterocycles. The van der Waals surface area contributed by atoms with Crippen LogP contribution in [-0.2, 0) is 6.42 Å². The van der Waals surface area contributed by atoms with E-state index in [0.29, 0.717) is 5.69 Å². The van der Waals surface area contributed by atoms with Gasteiger partial charge in [0.1, 0.15) is 11.5 Å². The van der Waals surface area contributed by atoms with Crippen LogP contribution >= 0.6 is 0 Å². The van der Waals surface area contributed by atoms with Gasteiger partial charge in [-0.25, -0.2) is 4.68 Å². The zero-order valence-corrected chi connectivity index (χ0v) is 14.6. The van der Waals surface area contributed by atoms with Gasteiger partial charge in [0.25, 0.3) is 5.69 Å². The second kappa shape index (κ2) is 6.18. The smallest absolute Gasteiger partial charge is 0.294 e. The van der Waals surface area contributed by atoms with Crippen molar-refractivity contribution in [3.05, 3.63) is 64.2 Å². The summed E-state index contributed by atoms with van der Waals surface area (Å²) in [6.45, 7) is 0.802. The van der Waals surface area contributed by atoms with E-state index in [2.05, 4.69) is 5.32 Å². The Hall–Kier alpha value is -3.35. The van der Waals surface area contributed by atoms with Gasteiger partial charge in [-0.2, -0.15) is 5.10 Å². The number of nitro benzene ring substituents is 1. The molecule has 1 aromatic heterocycles. The van der Waals surface area contributed by atoms with E-state index in [4.69, 9.17) is 5.10 Å². The van der Waals surface area contributed by atoms with E-state index in [1.165, 1.54) is 6.07 Å². The van der Waals surface area contributed by atoms with Crippen LogP contribution < -0.4 is 10.2 Å². The molecule has 0 saturated heterocycles. The third-order valence-corrected chi connectivity index (χ3v) is 4.61. The highest BCUT2D eigenvalue weighted by Crippen LogP contribution is 2.36. The summed E-state index contributed by atoms with van der Waals surface area (Å²) in [5.74, 6) is 0.839. The molecule has 7 nitrogen and oxygen atoms in total. The molecular formula is C19H19N5O2. The Kier molecular flexibility index (Phi) is 3.84. The Morgan fingerprint density at radius 1 is 1.15 bits per heavy atom. The summed E-state index contributed by atoms with van der Waals surface area (Å²) >= 11 is 0. The summed E-state index contributed by atoms with van der Waals surface area (Å²) in [5.41, 5.74) is 4.60. The van der Waals surface area contributed by atoms with E-state index in [1.54, 1.807) is 22.9 Å². The minimum absolute atomic E-state index is 0.0426. The summed E-state index contributed by atoms with van der Waals surface area (Å²) < 4.78 is 1.66. The molecule has 4 rings (SSSR count). The lowest BCUT2D eigenvalue weighted by Crippen LogP contribution is -2.08. The number of nitrogens with zero attached hydrogens (tertiary/aromatic N) is 4. The maximum atomic E-state index is 11.4. The second-order valence-electron chi connectivity index (χ2n) is 6.45. The normalized spacial score (nSPS) is 12.5. The summed E-state index contributed by atoms with van der Waals surface area (Å²) in [6.07, 6.45) is 0.848. The molecule has 0 radical (unpaired) electrons. The van der Waals surface area contributed by atoms with Crippen LogP contribution in [0.15, 0.2) is 48.5 Å². The van der Waals surface area contributed by atoms with Crippen LogP contribution in [0.2, 0.25) is 0 Å². The van der Waals surface area contributed by atoms with Crippen LogP contribution in [-0.4, -0.2) is 35.3 Å². The Morgan fingerprint density at radius 2 is 1.88 bits per heavy atom. The average Bonchev–Trinajstić information content (AvgIpc) is 3.24. The molecule has 0 saturated carbocycles. The fourth-order valence-corrected chi connectivity index (χ4v) is 3.30. The fraction of sp³-hybridized carbons (Fsp3) is 0.211. The quantitative estimate of drug-likeness (QED) is 0.576. The molecule has 7 heteroatoms. The molecule has 132 valence electrons. The van der Waals surface area contributed by atoms with Crippen LogP contribution in [0.5, 0.6) is 0 Å². The molecule has 2 aromatic carbocycles. The van der Waals surface area contributed by atoms with E-state index >= 15 is 0 Å². The first-order valence-corrected chi connectivity index (χ1v) is 8.43. The van der Waals surface area contributed by atoms with Crippen molar-refractivity contribution < 1.29 is 4.92 Å². The molecule has 0 spiro atoms. The number of benzene rings is 2. The molecule has 0 unspecified atom stereocenters. The van der Waals surface area contributed by atoms with Gasteiger partial charge < -0.3 is 10.2 Å². The van der Waals surface area contributed by atoms with E-state index in [9.17, 15) is 10.1 Å². The minimum Gasteiger partial charge on any atom is -0.378 e. The number of nitrogens with one attached hydrogen (secondary N) is 1. The Morgan fingerprint density at radius 3 is 2.58 bits per heavy atom. The first kappa shape index (κ1) is 16.1. The lowest BCUT2D eigenvalue weighted by atomic mass is 10.1. The van der Waals surface area contributed by atoms with Gasteiger partial charge in [0, 0.05) is 43.5 Å². The van der Waals surface area contributed by atoms with Crippen molar-refractivity contribution in [2.45, 2.75) is 6.42 Å². The highest BCUT2D eigenvalue weighted by molar-refractivity contribution is 5.74. The average molecular weight is 349 g/mol. The predicted octanol–water partition coefficient (Wildman–Crippen LogP) is 3.48. The summed E-state index contributed by atoms with van der Waals surface area (Å²) in [5, 5.41) is 19.5. The van der Waals surface area contributed by atoms with Gasteiger partial charge in [0.15, 0.2) is 0 Å². The van der Waals surface area contributed by atoms with Crippen molar-refractivity contribution in [2.75, 3.05) is 30.9 Å². The molecular weight excluding hydrogens is 330 g/mol. The van der Waals surface area contributed by atoms with E-state index in [0.717, 1.165) is 41.3 Å². The third kappa shape index (κ3) is 2.57. The molecule has 3 aromatic rings. The molecule has 0 fully saturated rings. The van der Waals surface area contributed by atoms with E-state index in [1.807, 2.05) is 43.3 Å². The molecule has 0 amide bonds. The zero-order valence-electron chi connectivity index (χ0n) is 14.6. The van der Waals surface area contributed by atoms with Gasteiger partial charge in [0.05, 0.1) is 10.6 Å². The van der Waals surface area contributed by atoms with Crippen LogP contribution in [0.25, 0.3) is 16.9 Å². The van der Waals surface area contributed by atoms with Gasteiger partial charge in [0.2, 0.25) is 0 Å². The van der Waals surface area contributed by atoms with Gasteiger partial charge >= 0.3 is 0 Å². The SMILES string of the molecule is CN(C)c1ccc(-c2nn(-c3ccccc3[N+](=O)[O-])c3c2CCN3)cc1. The third-order valence-electron chi connectivity index (χ3n) is 4.61. The summed E-state index contributed by atoms with van der Waals surface area (Å²) in [4.78, 5) is 13.1. The zero-order chi connectivity index (χ0) is 18.3. The maximum Gasteiger partial charge on any atom is 0.294 e. The molecule has 0 aliphatic carbocycles. The number of nitro groups is 1.